The van der Waals surface area contributed by atoms with Crippen molar-refractivity contribution in [3.8, 4) is 0 Å². The fourth-order valence-electron chi connectivity index (χ4n) is 0.926. The molecule has 0 aromatic heterocycles. The zero-order valence-electron chi connectivity index (χ0n) is 7.99. The third-order valence-electron chi connectivity index (χ3n) is 1.81. The number of ether oxygens (including phenoxy) is 1. The quantitative estimate of drug-likeness (QED) is 0.519. The van der Waals surface area contributed by atoms with Gasteiger partial charge in [0.15, 0.2) is 0 Å². The molecule has 0 spiro atoms. The first-order valence-electron chi connectivity index (χ1n) is 4.45. The minimum Gasteiger partial charge on any atom is -0.392 e. The van der Waals surface area contributed by atoms with Crippen molar-refractivity contribution in [2.75, 3.05) is 32.8 Å². The van der Waals surface area contributed by atoms with Gasteiger partial charge in [0.2, 0.25) is 0 Å². The fraction of sp³-hybridized carbons (Fsp3) is 1.00. The summed E-state index contributed by atoms with van der Waals surface area (Å²) in [5, 5.41) is 8.55. The fourth-order valence-corrected chi connectivity index (χ4v) is 0.926. The van der Waals surface area contributed by atoms with Gasteiger partial charge in [-0.2, -0.15) is 0 Å². The Morgan fingerprint density at radius 2 is 2.00 bits per heavy atom. The Balaban J connectivity index is 3.28. The molecular formula is C8H20N2O2. The van der Waals surface area contributed by atoms with Gasteiger partial charge in [0.05, 0.1) is 13.2 Å². The van der Waals surface area contributed by atoms with Crippen LogP contribution in [0.4, 0.5) is 0 Å². The average Bonchev–Trinajstić information content (AvgIpc) is 2.12. The molecule has 12 heavy (non-hydrogen) atoms. The minimum absolute atomic E-state index is 0.113. The Labute approximate surface area is 74.3 Å². The van der Waals surface area contributed by atoms with E-state index in [1.54, 1.807) is 0 Å². The summed E-state index contributed by atoms with van der Waals surface area (Å²) in [6, 6.07) is 0. The molecule has 0 aliphatic carbocycles. The molecule has 0 radical (unpaired) electrons. The van der Waals surface area contributed by atoms with Crippen LogP contribution < -0.4 is 5.73 Å². The van der Waals surface area contributed by atoms with Crippen LogP contribution in [0.5, 0.6) is 0 Å². The molecule has 0 aliphatic heterocycles. The van der Waals surface area contributed by atoms with Gasteiger partial charge < -0.3 is 20.5 Å². The van der Waals surface area contributed by atoms with Crippen molar-refractivity contribution in [2.45, 2.75) is 20.1 Å². The van der Waals surface area contributed by atoms with E-state index in [0.29, 0.717) is 6.61 Å². The zero-order chi connectivity index (χ0) is 9.40. The normalized spacial score (nSPS) is 13.8. The number of nitrogens with zero attached hydrogens (tertiary/aromatic N) is 1. The van der Waals surface area contributed by atoms with E-state index in [9.17, 15) is 0 Å². The highest BCUT2D eigenvalue weighted by Crippen LogP contribution is 1.88. The maximum atomic E-state index is 8.55. The highest BCUT2D eigenvalue weighted by Gasteiger charge is 2.01. The maximum absolute atomic E-state index is 8.55. The molecule has 3 N–H and O–H groups in total. The Hall–Kier alpha value is -0.160. The molecule has 0 aromatic carbocycles. The molecule has 0 bridgehead atoms. The largest absolute Gasteiger partial charge is 0.392 e. The highest BCUT2D eigenvalue weighted by molar-refractivity contribution is 4.51. The van der Waals surface area contributed by atoms with Crippen molar-refractivity contribution in [1.82, 2.24) is 4.90 Å². The number of aliphatic hydroxyl groups excluding tert-OH is 1. The van der Waals surface area contributed by atoms with Gasteiger partial charge in [0.1, 0.15) is 6.23 Å². The SMILES string of the molecule is CCN(CC)CCOC(N)CO. The molecular weight excluding hydrogens is 156 g/mol. The Morgan fingerprint density at radius 1 is 1.42 bits per heavy atom. The standard InChI is InChI=1S/C8H20N2O2/c1-3-10(4-2)5-6-12-8(9)7-11/h8,11H,3-7,9H2,1-2H3. The Morgan fingerprint density at radius 3 is 2.42 bits per heavy atom. The molecule has 0 rings (SSSR count). The van der Waals surface area contributed by atoms with Gasteiger partial charge >= 0.3 is 0 Å². The van der Waals surface area contributed by atoms with Crippen LogP contribution in [0, 0.1) is 0 Å². The lowest BCUT2D eigenvalue weighted by atomic mass is 10.5. The number of nitrogens with two attached hydrogens (primary N) is 1. The van der Waals surface area contributed by atoms with Gasteiger partial charge in [0.25, 0.3) is 0 Å². The van der Waals surface area contributed by atoms with E-state index in [1.165, 1.54) is 0 Å². The number of aliphatic hydroxyl groups is 1. The first-order chi connectivity index (χ1) is 5.74. The average molecular weight is 176 g/mol. The summed E-state index contributed by atoms with van der Waals surface area (Å²) in [6.45, 7) is 7.61. The summed E-state index contributed by atoms with van der Waals surface area (Å²) in [5.41, 5.74) is 5.35. The van der Waals surface area contributed by atoms with Crippen LogP contribution in [0.25, 0.3) is 0 Å². The molecule has 0 aliphatic rings. The van der Waals surface area contributed by atoms with E-state index in [0.717, 1.165) is 19.6 Å². The first kappa shape index (κ1) is 11.8. The first-order valence-corrected chi connectivity index (χ1v) is 4.45. The third-order valence-corrected chi connectivity index (χ3v) is 1.81. The van der Waals surface area contributed by atoms with Gasteiger partial charge in [-0.05, 0) is 13.1 Å². The van der Waals surface area contributed by atoms with Crippen molar-refractivity contribution >= 4 is 0 Å². The van der Waals surface area contributed by atoms with E-state index in [4.69, 9.17) is 15.6 Å². The number of hydrogen-bond donors (Lipinski definition) is 2. The number of rotatable bonds is 7. The van der Waals surface area contributed by atoms with Crippen molar-refractivity contribution in [1.29, 1.82) is 0 Å². The second kappa shape index (κ2) is 7.49. The van der Waals surface area contributed by atoms with Crippen LogP contribution in [-0.4, -0.2) is 49.1 Å². The van der Waals surface area contributed by atoms with E-state index in [-0.39, 0.29) is 6.61 Å². The zero-order valence-corrected chi connectivity index (χ0v) is 7.99. The van der Waals surface area contributed by atoms with Gasteiger partial charge in [-0.25, -0.2) is 0 Å². The lowest BCUT2D eigenvalue weighted by Gasteiger charge is -2.18. The molecule has 4 nitrogen and oxygen atoms in total. The number of hydrogen-bond acceptors (Lipinski definition) is 4. The van der Waals surface area contributed by atoms with Crippen molar-refractivity contribution < 1.29 is 9.84 Å². The molecule has 0 saturated heterocycles. The van der Waals surface area contributed by atoms with Crippen LogP contribution in [0.1, 0.15) is 13.8 Å². The topological polar surface area (TPSA) is 58.7 Å². The van der Waals surface area contributed by atoms with Crippen LogP contribution in [0.3, 0.4) is 0 Å². The van der Waals surface area contributed by atoms with Gasteiger partial charge in [-0.1, -0.05) is 13.8 Å². The molecule has 74 valence electrons. The smallest absolute Gasteiger partial charge is 0.129 e. The summed E-state index contributed by atoms with van der Waals surface area (Å²) < 4.78 is 5.11. The molecule has 4 heteroatoms. The van der Waals surface area contributed by atoms with Crippen LogP contribution >= 0.6 is 0 Å². The van der Waals surface area contributed by atoms with Crippen molar-refractivity contribution in [3.05, 3.63) is 0 Å². The molecule has 0 heterocycles. The summed E-state index contributed by atoms with van der Waals surface area (Å²) in [5.74, 6) is 0. The predicted octanol–water partition coefficient (Wildman–Crippen LogP) is -0.378. The van der Waals surface area contributed by atoms with Crippen LogP contribution in [-0.2, 0) is 4.74 Å². The summed E-state index contributed by atoms with van der Waals surface area (Å²) in [4.78, 5) is 2.24. The predicted molar refractivity (Wildman–Crippen MR) is 48.8 cm³/mol. The van der Waals surface area contributed by atoms with Crippen LogP contribution in [0.2, 0.25) is 0 Å². The molecule has 1 atom stereocenters. The van der Waals surface area contributed by atoms with Crippen molar-refractivity contribution in [2.24, 2.45) is 5.73 Å². The van der Waals surface area contributed by atoms with Gasteiger partial charge in [-0.3, -0.25) is 0 Å². The molecule has 0 amide bonds. The summed E-state index contributed by atoms with van der Waals surface area (Å²) in [7, 11) is 0. The lowest BCUT2D eigenvalue weighted by molar-refractivity contribution is 0.00793. The van der Waals surface area contributed by atoms with E-state index >= 15 is 0 Å². The molecule has 0 fully saturated rings. The second-order valence-corrected chi connectivity index (χ2v) is 2.62. The summed E-state index contributed by atoms with van der Waals surface area (Å²) >= 11 is 0. The third kappa shape index (κ3) is 5.49. The highest BCUT2D eigenvalue weighted by atomic mass is 16.5. The minimum atomic E-state index is -0.527. The van der Waals surface area contributed by atoms with Crippen LogP contribution in [0.15, 0.2) is 0 Å². The van der Waals surface area contributed by atoms with Gasteiger partial charge in [0, 0.05) is 6.54 Å². The van der Waals surface area contributed by atoms with Crippen molar-refractivity contribution in [3.63, 3.8) is 0 Å². The Kier molecular flexibility index (Phi) is 7.39. The molecule has 0 aromatic rings. The lowest BCUT2D eigenvalue weighted by Crippen LogP contribution is -2.33. The monoisotopic (exact) mass is 176 g/mol. The number of likely N-dealkylation sites (N-methyl/N-ethyl adjacent to an activating group) is 1. The maximum Gasteiger partial charge on any atom is 0.129 e. The second-order valence-electron chi connectivity index (χ2n) is 2.62. The Bertz CT molecular complexity index is 97.1. The van der Waals surface area contributed by atoms with E-state index in [2.05, 4.69) is 18.7 Å². The molecule has 0 saturated carbocycles. The summed E-state index contributed by atoms with van der Waals surface area (Å²) in [6.07, 6.45) is -0.527. The van der Waals surface area contributed by atoms with E-state index in [1.807, 2.05) is 0 Å². The molecule has 1 unspecified atom stereocenters. The van der Waals surface area contributed by atoms with E-state index < -0.39 is 6.23 Å². The van der Waals surface area contributed by atoms with Gasteiger partial charge in [-0.15, -0.1) is 0 Å².